The van der Waals surface area contributed by atoms with Gasteiger partial charge in [-0.3, -0.25) is 0 Å². The van der Waals surface area contributed by atoms with E-state index in [4.69, 9.17) is 4.74 Å². The van der Waals surface area contributed by atoms with Crippen molar-refractivity contribution >= 4 is 17.4 Å². The van der Waals surface area contributed by atoms with Crippen molar-refractivity contribution in [2.24, 2.45) is 0 Å². The molecule has 4 nitrogen and oxygen atoms in total. The van der Waals surface area contributed by atoms with E-state index < -0.39 is 18.3 Å². The van der Waals surface area contributed by atoms with E-state index >= 15 is 0 Å². The summed E-state index contributed by atoms with van der Waals surface area (Å²) in [4.78, 5) is 0. The molecule has 0 aliphatic carbocycles. The fraction of sp³-hybridized carbons (Fsp3) is 1.00. The van der Waals surface area contributed by atoms with Crippen LogP contribution in [0.2, 0.25) is 0 Å². The summed E-state index contributed by atoms with van der Waals surface area (Å²) in [6.07, 6.45) is 50.8. The number of rotatable bonds is 38. The molecule has 0 rings (SSSR count). The first-order valence-corrected chi connectivity index (χ1v) is 24.6. The van der Waals surface area contributed by atoms with E-state index in [1.165, 1.54) is 231 Å². The normalized spacial score (nSPS) is 11.4. The first-order valence-electron chi connectivity index (χ1n) is 24.6. The molecule has 0 aromatic rings. The summed E-state index contributed by atoms with van der Waals surface area (Å²) < 4.78 is 6.39. The third kappa shape index (κ3) is 87.1. The van der Waals surface area contributed by atoms with E-state index in [0.717, 1.165) is 6.61 Å². The third-order valence-electron chi connectivity index (χ3n) is 9.61. The number of unbranched alkanes of at least 4 members (excludes halogenated alkanes) is 31. The summed E-state index contributed by atoms with van der Waals surface area (Å²) >= 11 is 0. The van der Waals surface area contributed by atoms with Crippen molar-refractivity contribution in [2.45, 2.75) is 318 Å². The molecule has 0 aliphatic heterocycles. The largest absolute Gasteiger partial charge is 3.00 e. The van der Waals surface area contributed by atoms with Crippen LogP contribution < -0.4 is 15.3 Å². The van der Waals surface area contributed by atoms with Crippen LogP contribution in [0.3, 0.4) is 0 Å². The van der Waals surface area contributed by atoms with Crippen molar-refractivity contribution in [3.63, 3.8) is 0 Å². The second-order valence-corrected chi connectivity index (χ2v) is 17.2. The Hall–Kier alpha value is 0.372. The second kappa shape index (κ2) is 61.0. The van der Waals surface area contributed by atoms with Gasteiger partial charge in [0.05, 0.1) is 6.10 Å². The summed E-state index contributed by atoms with van der Waals surface area (Å²) in [5.41, 5.74) is 0. The van der Waals surface area contributed by atoms with Crippen LogP contribution in [0.1, 0.15) is 293 Å². The molecule has 0 aromatic heterocycles. The van der Waals surface area contributed by atoms with Gasteiger partial charge in [0.2, 0.25) is 0 Å². The van der Waals surface area contributed by atoms with Crippen LogP contribution in [0.4, 0.5) is 0 Å². The fourth-order valence-electron chi connectivity index (χ4n) is 6.56. The van der Waals surface area contributed by atoms with E-state index in [9.17, 15) is 15.3 Å². The maximum atomic E-state index is 9.53. The zero-order valence-corrected chi connectivity index (χ0v) is 40.8. The van der Waals surface area contributed by atoms with Gasteiger partial charge in [-0.2, -0.15) is 0 Å². The first-order chi connectivity index (χ1) is 26.0. The van der Waals surface area contributed by atoms with Crippen molar-refractivity contribution in [2.75, 3.05) is 6.61 Å². The molecule has 55 heavy (non-hydrogen) atoms. The minimum Gasteiger partial charge on any atom is -0.852 e. The van der Waals surface area contributed by atoms with Gasteiger partial charge in [-0.25, -0.2) is 0 Å². The third-order valence-corrected chi connectivity index (χ3v) is 9.61. The van der Waals surface area contributed by atoms with E-state index in [0.29, 0.717) is 6.10 Å². The van der Waals surface area contributed by atoms with Gasteiger partial charge < -0.3 is 20.1 Å². The summed E-state index contributed by atoms with van der Waals surface area (Å²) in [6, 6.07) is 0. The first kappa shape index (κ1) is 64.5. The van der Waals surface area contributed by atoms with Crippen molar-refractivity contribution < 1.29 is 20.1 Å². The quantitative estimate of drug-likeness (QED) is 0.0460. The minimum absolute atomic E-state index is 0. The van der Waals surface area contributed by atoms with Crippen molar-refractivity contribution in [1.29, 1.82) is 0 Å². The Labute approximate surface area is 360 Å². The topological polar surface area (TPSA) is 78.4 Å². The van der Waals surface area contributed by atoms with E-state index in [2.05, 4.69) is 20.8 Å². The minimum atomic E-state index is -0.417. The Morgan fingerprint density at radius 2 is 0.473 bits per heavy atom. The van der Waals surface area contributed by atoms with Gasteiger partial charge in [0.15, 0.2) is 0 Å². The van der Waals surface area contributed by atoms with Crippen LogP contribution in [0.25, 0.3) is 0 Å². The predicted molar refractivity (Wildman–Crippen MR) is 244 cm³/mol. The molecule has 0 saturated heterocycles. The summed E-state index contributed by atoms with van der Waals surface area (Å²) in [5.74, 6) is 0. The zero-order valence-electron chi connectivity index (χ0n) is 39.7. The molecule has 0 bridgehead atoms. The van der Waals surface area contributed by atoms with E-state index in [1.54, 1.807) is 41.5 Å². The molecular weight excluding hydrogens is 692 g/mol. The van der Waals surface area contributed by atoms with Gasteiger partial charge in [0.25, 0.3) is 0 Å². The van der Waals surface area contributed by atoms with Gasteiger partial charge >= 0.3 is 17.4 Å². The van der Waals surface area contributed by atoms with Crippen molar-refractivity contribution in [3.8, 4) is 0 Å². The van der Waals surface area contributed by atoms with Crippen LogP contribution >= 0.6 is 0 Å². The molecule has 0 aliphatic rings. The maximum Gasteiger partial charge on any atom is 3.00 e. The predicted octanol–water partition coefficient (Wildman–Crippen LogP) is 14.4. The van der Waals surface area contributed by atoms with E-state index in [1.807, 2.05) is 0 Å². The Kier molecular flexibility index (Phi) is 71.6. The standard InChI is InChI=1S/C41H84O.3C3H7O.Al/c1-4-7-10-12-14-16-18-20-22-24-26-28-30-32-34-36-39-41(38-9-6-3)42-40-37-35-33-31-29-27-25-23-21-19-17-15-13-11-8-5-2;3*1-3(2)4;/h41H,4-40H2,1-3H3;3*3H,1-2H3;/q;3*-1;+3. The smallest absolute Gasteiger partial charge is 0.852 e. The molecule has 332 valence electrons. The average molecular weight is 797 g/mol. The summed E-state index contributed by atoms with van der Waals surface area (Å²) in [7, 11) is 0. The molecule has 0 radical (unpaired) electrons. The van der Waals surface area contributed by atoms with Gasteiger partial charge in [0, 0.05) is 6.61 Å². The zero-order chi connectivity index (χ0) is 41.2. The molecule has 0 spiro atoms. The van der Waals surface area contributed by atoms with Gasteiger partial charge in [-0.15, -0.1) is 18.3 Å². The van der Waals surface area contributed by atoms with Crippen molar-refractivity contribution in [3.05, 3.63) is 0 Å². The maximum absolute atomic E-state index is 9.53. The van der Waals surface area contributed by atoms with Crippen LogP contribution in [0, 0.1) is 0 Å². The van der Waals surface area contributed by atoms with Gasteiger partial charge in [-0.1, -0.05) is 274 Å². The van der Waals surface area contributed by atoms with Crippen LogP contribution in [0.5, 0.6) is 0 Å². The average Bonchev–Trinajstić information content (AvgIpc) is 3.10. The number of hydrogen-bond donors (Lipinski definition) is 0. The van der Waals surface area contributed by atoms with Crippen LogP contribution in [-0.2, 0) is 4.74 Å². The van der Waals surface area contributed by atoms with Crippen molar-refractivity contribution in [1.82, 2.24) is 0 Å². The molecule has 0 heterocycles. The van der Waals surface area contributed by atoms with Gasteiger partial charge in [0.1, 0.15) is 0 Å². The monoisotopic (exact) mass is 797 g/mol. The molecule has 1 atom stereocenters. The Balaban J connectivity index is -0.000000555. The molecular formula is C50H105AlO4. The molecule has 5 heteroatoms. The molecule has 0 fully saturated rings. The van der Waals surface area contributed by atoms with E-state index in [-0.39, 0.29) is 17.4 Å². The van der Waals surface area contributed by atoms with Crippen LogP contribution in [0.15, 0.2) is 0 Å². The molecule has 1 unspecified atom stereocenters. The van der Waals surface area contributed by atoms with Crippen LogP contribution in [-0.4, -0.2) is 48.4 Å². The fourth-order valence-corrected chi connectivity index (χ4v) is 6.56. The SMILES string of the molecule is CC(C)[O-].CC(C)[O-].CC(C)[O-].CCCCCCCCCCCCCCCCCCOC(CCCC)CCCCCCCCCCCCCCCCCC.[Al+3]. The summed E-state index contributed by atoms with van der Waals surface area (Å²) in [6.45, 7) is 17.6. The molecule has 0 aromatic carbocycles. The second-order valence-electron chi connectivity index (χ2n) is 17.2. The Bertz CT molecular complexity index is 564. The Morgan fingerprint density at radius 3 is 0.709 bits per heavy atom. The Morgan fingerprint density at radius 1 is 0.291 bits per heavy atom. The molecule has 0 amide bonds. The molecule has 0 saturated carbocycles. The number of hydrogen-bond acceptors (Lipinski definition) is 4. The van der Waals surface area contributed by atoms with Gasteiger partial charge in [-0.05, 0) is 19.3 Å². The number of ether oxygens (including phenoxy) is 1. The molecule has 0 N–H and O–H groups in total. The summed E-state index contributed by atoms with van der Waals surface area (Å²) in [5, 5.41) is 28.6.